The van der Waals surface area contributed by atoms with Gasteiger partial charge in [0.1, 0.15) is 0 Å². The molecule has 1 aromatic carbocycles. The van der Waals surface area contributed by atoms with Gasteiger partial charge in [0.05, 0.1) is 22.0 Å². The lowest BCUT2D eigenvalue weighted by atomic mass is 9.87. The quantitative estimate of drug-likeness (QED) is 0.312. The molecule has 148 valence electrons. The topological polar surface area (TPSA) is 167 Å². The minimum atomic E-state index is -5.26. The van der Waals surface area contributed by atoms with Gasteiger partial charge in [-0.05, 0) is 12.3 Å². The predicted octanol–water partition coefficient (Wildman–Crippen LogP) is 2.88. The molecule has 0 aromatic heterocycles. The molecule has 11 nitrogen and oxygen atoms in total. The molecule has 0 unspecified atom stereocenters. The van der Waals surface area contributed by atoms with Crippen molar-refractivity contribution in [1.29, 1.82) is 0 Å². The lowest BCUT2D eigenvalue weighted by Crippen LogP contribution is -2.14. The molecule has 1 saturated carbocycles. The Balaban J connectivity index is 2.26. The Morgan fingerprint density at radius 2 is 1.63 bits per heavy atom. The van der Waals surface area contributed by atoms with Crippen LogP contribution in [0.5, 0.6) is 0 Å². The molecule has 0 bridgehead atoms. The number of hydrogen-bond donors (Lipinski definition) is 1. The van der Waals surface area contributed by atoms with Crippen molar-refractivity contribution in [3.05, 3.63) is 37.9 Å². The van der Waals surface area contributed by atoms with Crippen molar-refractivity contribution in [3.8, 4) is 0 Å². The van der Waals surface area contributed by atoms with Crippen LogP contribution in [-0.2, 0) is 14.9 Å². The van der Waals surface area contributed by atoms with Crippen LogP contribution >= 0.6 is 0 Å². The number of rotatable bonds is 7. The molecule has 1 N–H and O–H groups in total. The van der Waals surface area contributed by atoms with Gasteiger partial charge in [-0.1, -0.05) is 32.1 Å². The molecule has 27 heavy (non-hydrogen) atoms. The maximum absolute atomic E-state index is 12.1. The third-order valence-electron chi connectivity index (χ3n) is 4.42. The summed E-state index contributed by atoms with van der Waals surface area (Å²) in [6, 6.07) is 1.08. The van der Waals surface area contributed by atoms with E-state index in [0.717, 1.165) is 25.7 Å². The maximum Gasteiger partial charge on any atom is 0.338 e. The minimum Gasteiger partial charge on any atom is -0.462 e. The Morgan fingerprint density at radius 3 is 2.07 bits per heavy atom. The standard InChI is InChI=1S/C15H18N2O9S/c18-15(26-7-6-10-4-2-1-3-5-10)11-8-12(16(19)20)14(27(23,24)25)13(9-11)17(21)22/h8-10H,1-7H2,(H,23,24,25). The van der Waals surface area contributed by atoms with Crippen LogP contribution in [0.15, 0.2) is 17.0 Å². The van der Waals surface area contributed by atoms with Crippen molar-refractivity contribution >= 4 is 27.5 Å². The molecule has 2 rings (SSSR count). The van der Waals surface area contributed by atoms with Gasteiger partial charge in [0.2, 0.25) is 4.90 Å². The Bertz CT molecular complexity index is 825. The summed E-state index contributed by atoms with van der Waals surface area (Å²) in [5.74, 6) is -0.629. The normalized spacial score (nSPS) is 15.3. The summed E-state index contributed by atoms with van der Waals surface area (Å²) >= 11 is 0. The predicted molar refractivity (Wildman–Crippen MR) is 91.0 cm³/mol. The Labute approximate surface area is 154 Å². The molecule has 0 amide bonds. The first-order valence-corrected chi connectivity index (χ1v) is 9.66. The third kappa shape index (κ3) is 5.20. The van der Waals surface area contributed by atoms with Gasteiger partial charge in [0.15, 0.2) is 0 Å². The van der Waals surface area contributed by atoms with E-state index in [2.05, 4.69) is 0 Å². The third-order valence-corrected chi connectivity index (χ3v) is 5.35. The van der Waals surface area contributed by atoms with E-state index in [-0.39, 0.29) is 6.61 Å². The number of ether oxygens (including phenoxy) is 1. The molecular weight excluding hydrogens is 384 g/mol. The van der Waals surface area contributed by atoms with Crippen LogP contribution in [0.2, 0.25) is 0 Å². The molecule has 0 atom stereocenters. The van der Waals surface area contributed by atoms with Crippen LogP contribution in [0, 0.1) is 26.1 Å². The van der Waals surface area contributed by atoms with Crippen molar-refractivity contribution in [3.63, 3.8) is 0 Å². The van der Waals surface area contributed by atoms with Gasteiger partial charge in [-0.25, -0.2) is 4.79 Å². The molecule has 1 aliphatic rings. The highest BCUT2D eigenvalue weighted by molar-refractivity contribution is 7.86. The van der Waals surface area contributed by atoms with E-state index < -0.39 is 47.8 Å². The molecule has 0 aliphatic heterocycles. The van der Waals surface area contributed by atoms with Crippen molar-refractivity contribution < 1.29 is 32.3 Å². The molecular formula is C15H18N2O9S. The fourth-order valence-electron chi connectivity index (χ4n) is 3.13. The lowest BCUT2D eigenvalue weighted by Gasteiger charge is -2.21. The van der Waals surface area contributed by atoms with Gasteiger partial charge in [0.25, 0.3) is 11.4 Å². The summed E-state index contributed by atoms with van der Waals surface area (Å²) in [5, 5.41) is 22.2. The molecule has 0 radical (unpaired) electrons. The highest BCUT2D eigenvalue weighted by Gasteiger charge is 2.36. The van der Waals surface area contributed by atoms with E-state index in [0.29, 0.717) is 24.5 Å². The van der Waals surface area contributed by atoms with Crippen LogP contribution in [0.3, 0.4) is 0 Å². The summed E-state index contributed by atoms with van der Waals surface area (Å²) in [5.41, 5.74) is -3.08. The Hall–Kier alpha value is -2.60. The molecule has 0 saturated heterocycles. The van der Waals surface area contributed by atoms with Gasteiger partial charge in [-0.2, -0.15) is 8.42 Å². The number of carbonyl (C=O) groups is 1. The highest BCUT2D eigenvalue weighted by Crippen LogP contribution is 2.34. The van der Waals surface area contributed by atoms with E-state index in [4.69, 9.17) is 9.29 Å². The number of nitro groups is 2. The van der Waals surface area contributed by atoms with Crippen LogP contribution in [0.1, 0.15) is 48.9 Å². The van der Waals surface area contributed by atoms with Crippen LogP contribution < -0.4 is 0 Å². The average molecular weight is 402 g/mol. The van der Waals surface area contributed by atoms with E-state index in [1.165, 1.54) is 6.42 Å². The van der Waals surface area contributed by atoms with Gasteiger partial charge in [-0.15, -0.1) is 0 Å². The van der Waals surface area contributed by atoms with Crippen LogP contribution in [0.25, 0.3) is 0 Å². The Morgan fingerprint density at radius 1 is 1.11 bits per heavy atom. The number of benzene rings is 1. The second kappa shape index (κ2) is 8.39. The van der Waals surface area contributed by atoms with Crippen molar-refractivity contribution in [2.24, 2.45) is 5.92 Å². The van der Waals surface area contributed by atoms with E-state index >= 15 is 0 Å². The van der Waals surface area contributed by atoms with E-state index in [1.807, 2.05) is 0 Å². The van der Waals surface area contributed by atoms with Crippen LogP contribution in [0.4, 0.5) is 11.4 Å². The van der Waals surface area contributed by atoms with Gasteiger partial charge in [0, 0.05) is 12.1 Å². The van der Waals surface area contributed by atoms with Crippen molar-refractivity contribution in [2.45, 2.75) is 43.4 Å². The Kier molecular flexibility index (Phi) is 6.44. The minimum absolute atomic E-state index is 0.0468. The molecule has 0 heterocycles. The molecule has 1 aromatic rings. The monoisotopic (exact) mass is 402 g/mol. The summed E-state index contributed by atoms with van der Waals surface area (Å²) in [6.07, 6.45) is 6.04. The second-order valence-electron chi connectivity index (χ2n) is 6.26. The summed E-state index contributed by atoms with van der Waals surface area (Å²) in [6.45, 7) is 0.0468. The van der Waals surface area contributed by atoms with E-state index in [9.17, 15) is 33.4 Å². The van der Waals surface area contributed by atoms with Gasteiger partial charge < -0.3 is 4.74 Å². The van der Waals surface area contributed by atoms with Crippen molar-refractivity contribution in [1.82, 2.24) is 0 Å². The largest absolute Gasteiger partial charge is 0.462 e. The van der Waals surface area contributed by atoms with Crippen molar-refractivity contribution in [2.75, 3.05) is 6.61 Å². The number of nitrogens with zero attached hydrogens (tertiary/aromatic N) is 2. The molecule has 1 fully saturated rings. The smallest absolute Gasteiger partial charge is 0.338 e. The lowest BCUT2D eigenvalue weighted by molar-refractivity contribution is -0.400. The zero-order chi connectivity index (χ0) is 20.2. The zero-order valence-electron chi connectivity index (χ0n) is 14.2. The average Bonchev–Trinajstić information content (AvgIpc) is 2.60. The number of carbonyl (C=O) groups excluding carboxylic acids is 1. The molecule has 0 spiro atoms. The van der Waals surface area contributed by atoms with Gasteiger partial charge in [-0.3, -0.25) is 24.8 Å². The summed E-state index contributed by atoms with van der Waals surface area (Å²) in [7, 11) is -5.26. The highest BCUT2D eigenvalue weighted by atomic mass is 32.2. The summed E-state index contributed by atoms with van der Waals surface area (Å²) in [4.78, 5) is 30.4. The molecule has 12 heteroatoms. The number of nitro benzene ring substituents is 2. The fourth-order valence-corrected chi connectivity index (χ4v) is 3.92. The van der Waals surface area contributed by atoms with Gasteiger partial charge >= 0.3 is 16.1 Å². The summed E-state index contributed by atoms with van der Waals surface area (Å²) < 4.78 is 36.8. The maximum atomic E-state index is 12.1. The second-order valence-corrected chi connectivity index (χ2v) is 7.62. The first kappa shape index (κ1) is 20.7. The molecule has 1 aliphatic carbocycles. The van der Waals surface area contributed by atoms with E-state index in [1.54, 1.807) is 0 Å². The zero-order valence-corrected chi connectivity index (χ0v) is 15.0. The first-order chi connectivity index (χ1) is 12.6. The first-order valence-electron chi connectivity index (χ1n) is 8.22. The number of hydrogen-bond acceptors (Lipinski definition) is 8. The fraction of sp³-hybridized carbons (Fsp3) is 0.533. The number of esters is 1. The van der Waals surface area contributed by atoms with Crippen LogP contribution in [-0.4, -0.2) is 35.4 Å². The SMILES string of the molecule is O=C(OCCC1CCCCC1)c1cc([N+](=O)[O-])c(S(=O)(=O)O)c([N+](=O)[O-])c1.